The van der Waals surface area contributed by atoms with Gasteiger partial charge in [-0.15, -0.1) is 11.3 Å². The van der Waals surface area contributed by atoms with Crippen molar-refractivity contribution in [1.82, 2.24) is 20.5 Å². The zero-order valence-electron chi connectivity index (χ0n) is 18.8. The van der Waals surface area contributed by atoms with Crippen LogP contribution in [0.2, 0.25) is 0 Å². The summed E-state index contributed by atoms with van der Waals surface area (Å²) in [5.41, 5.74) is 2.19. The van der Waals surface area contributed by atoms with Crippen LogP contribution in [0.1, 0.15) is 37.0 Å². The number of rotatable bonds is 8. The molecule has 8 heteroatoms. The SMILES string of the molecule is COc1ccc(CN=C(NCCc2csc(C(C)(C)C)n2)NCC(=O)N(C)C)cc1. The zero-order valence-corrected chi connectivity index (χ0v) is 19.6. The van der Waals surface area contributed by atoms with Crippen LogP contribution in [0, 0.1) is 0 Å². The molecule has 30 heavy (non-hydrogen) atoms. The smallest absolute Gasteiger partial charge is 0.241 e. The molecule has 0 radical (unpaired) electrons. The number of aliphatic imine (C=N–C) groups is 1. The van der Waals surface area contributed by atoms with Gasteiger partial charge in [-0.2, -0.15) is 0 Å². The molecule has 7 nitrogen and oxygen atoms in total. The standard InChI is InChI=1S/C22H33N5O2S/c1-22(2,3)20-26-17(15-30-20)11-12-23-21(25-14-19(28)27(4)5)24-13-16-7-9-18(29-6)10-8-16/h7-10,15H,11-14H2,1-6H3,(H2,23,24,25). The first-order valence-corrected chi connectivity index (χ1v) is 10.9. The summed E-state index contributed by atoms with van der Waals surface area (Å²) in [7, 11) is 5.12. The van der Waals surface area contributed by atoms with Crippen molar-refractivity contribution in [3.05, 3.63) is 45.9 Å². The molecule has 164 valence electrons. The topological polar surface area (TPSA) is 78.8 Å². The molecule has 0 aliphatic rings. The van der Waals surface area contributed by atoms with Gasteiger partial charge in [0.1, 0.15) is 5.75 Å². The first kappa shape index (κ1) is 23.7. The quantitative estimate of drug-likeness (QED) is 0.496. The number of thiazole rings is 1. The van der Waals surface area contributed by atoms with Crippen molar-refractivity contribution in [2.24, 2.45) is 4.99 Å². The van der Waals surface area contributed by atoms with E-state index in [9.17, 15) is 4.79 Å². The normalized spacial score (nSPS) is 11.9. The Morgan fingerprint density at radius 1 is 1.20 bits per heavy atom. The van der Waals surface area contributed by atoms with E-state index in [4.69, 9.17) is 9.72 Å². The monoisotopic (exact) mass is 431 g/mol. The van der Waals surface area contributed by atoms with Crippen LogP contribution < -0.4 is 15.4 Å². The Morgan fingerprint density at radius 3 is 2.47 bits per heavy atom. The Kier molecular flexibility index (Phi) is 8.65. The molecule has 1 heterocycles. The Balaban J connectivity index is 1.97. The summed E-state index contributed by atoms with van der Waals surface area (Å²) in [6, 6.07) is 7.79. The van der Waals surface area contributed by atoms with Gasteiger partial charge >= 0.3 is 0 Å². The molecule has 0 aliphatic heterocycles. The van der Waals surface area contributed by atoms with Crippen molar-refractivity contribution in [2.75, 3.05) is 34.3 Å². The van der Waals surface area contributed by atoms with Crippen molar-refractivity contribution in [3.8, 4) is 5.75 Å². The highest BCUT2D eigenvalue weighted by molar-refractivity contribution is 7.09. The summed E-state index contributed by atoms with van der Waals surface area (Å²) in [4.78, 5) is 22.8. The van der Waals surface area contributed by atoms with E-state index in [-0.39, 0.29) is 17.9 Å². The molecule has 0 saturated heterocycles. The number of carbonyl (C=O) groups is 1. The molecule has 0 fully saturated rings. The first-order valence-electron chi connectivity index (χ1n) is 9.99. The fraction of sp³-hybridized carbons (Fsp3) is 0.500. The molecule has 0 atom stereocenters. The van der Waals surface area contributed by atoms with Gasteiger partial charge in [-0.25, -0.2) is 9.98 Å². The van der Waals surface area contributed by atoms with Gasteiger partial charge in [-0.05, 0) is 17.7 Å². The summed E-state index contributed by atoms with van der Waals surface area (Å²) in [6.45, 7) is 7.88. The van der Waals surface area contributed by atoms with Crippen LogP contribution in [0.15, 0.2) is 34.6 Å². The average Bonchev–Trinajstić information content (AvgIpc) is 3.19. The number of hydrogen-bond donors (Lipinski definition) is 2. The number of benzene rings is 1. The molecule has 2 rings (SSSR count). The van der Waals surface area contributed by atoms with E-state index in [1.807, 2.05) is 24.3 Å². The van der Waals surface area contributed by atoms with Crippen LogP contribution in [0.4, 0.5) is 0 Å². The van der Waals surface area contributed by atoms with E-state index in [0.29, 0.717) is 19.0 Å². The van der Waals surface area contributed by atoms with Gasteiger partial charge in [0, 0.05) is 37.9 Å². The molecule has 1 aromatic carbocycles. The number of nitrogens with zero attached hydrogens (tertiary/aromatic N) is 3. The van der Waals surface area contributed by atoms with Crippen molar-refractivity contribution in [3.63, 3.8) is 0 Å². The molecule has 0 aliphatic carbocycles. The molecular weight excluding hydrogens is 398 g/mol. The molecular formula is C22H33N5O2S. The average molecular weight is 432 g/mol. The number of nitrogens with one attached hydrogen (secondary N) is 2. The Morgan fingerprint density at radius 2 is 1.90 bits per heavy atom. The number of ether oxygens (including phenoxy) is 1. The molecule has 1 amide bonds. The fourth-order valence-corrected chi connectivity index (χ4v) is 3.41. The van der Waals surface area contributed by atoms with Gasteiger partial charge in [0.15, 0.2) is 5.96 Å². The molecule has 0 spiro atoms. The lowest BCUT2D eigenvalue weighted by Crippen LogP contribution is -2.43. The van der Waals surface area contributed by atoms with Gasteiger partial charge in [0.2, 0.25) is 5.91 Å². The minimum absolute atomic E-state index is 0.0109. The second-order valence-electron chi connectivity index (χ2n) is 8.23. The summed E-state index contributed by atoms with van der Waals surface area (Å²) >= 11 is 1.70. The zero-order chi connectivity index (χ0) is 22.1. The largest absolute Gasteiger partial charge is 0.497 e. The van der Waals surface area contributed by atoms with E-state index in [0.717, 1.165) is 28.4 Å². The van der Waals surface area contributed by atoms with Crippen molar-refractivity contribution < 1.29 is 9.53 Å². The molecule has 1 aromatic heterocycles. The second-order valence-corrected chi connectivity index (χ2v) is 9.08. The van der Waals surface area contributed by atoms with Gasteiger partial charge in [0.05, 0.1) is 30.9 Å². The number of aromatic nitrogens is 1. The third-order valence-corrected chi connectivity index (χ3v) is 5.67. The maximum absolute atomic E-state index is 11.9. The van der Waals surface area contributed by atoms with E-state index in [2.05, 4.69) is 41.8 Å². The van der Waals surface area contributed by atoms with Gasteiger partial charge in [-0.1, -0.05) is 32.9 Å². The Bertz CT molecular complexity index is 838. The summed E-state index contributed by atoms with van der Waals surface area (Å²) < 4.78 is 5.19. The van der Waals surface area contributed by atoms with E-state index in [1.54, 1.807) is 37.4 Å². The second kappa shape index (κ2) is 11.0. The highest BCUT2D eigenvalue weighted by Gasteiger charge is 2.17. The van der Waals surface area contributed by atoms with Crippen molar-refractivity contribution >= 4 is 23.2 Å². The molecule has 2 N–H and O–H groups in total. The summed E-state index contributed by atoms with van der Waals surface area (Å²) in [5, 5.41) is 9.68. The van der Waals surface area contributed by atoms with Crippen molar-refractivity contribution in [1.29, 1.82) is 0 Å². The summed E-state index contributed by atoms with van der Waals surface area (Å²) in [6.07, 6.45) is 0.789. The number of guanidine groups is 1. The third-order valence-electron chi connectivity index (χ3n) is 4.35. The van der Waals surface area contributed by atoms with Crippen LogP contribution >= 0.6 is 11.3 Å². The lowest BCUT2D eigenvalue weighted by Gasteiger charge is -2.15. The Labute approximate surface area is 183 Å². The minimum atomic E-state index is -0.0109. The first-order chi connectivity index (χ1) is 14.2. The van der Waals surface area contributed by atoms with E-state index < -0.39 is 0 Å². The highest BCUT2D eigenvalue weighted by Crippen LogP contribution is 2.25. The third kappa shape index (κ3) is 7.67. The number of amides is 1. The minimum Gasteiger partial charge on any atom is -0.497 e. The maximum atomic E-state index is 11.9. The van der Waals surface area contributed by atoms with Crippen LogP contribution in [0.5, 0.6) is 5.75 Å². The van der Waals surface area contributed by atoms with E-state index >= 15 is 0 Å². The lowest BCUT2D eigenvalue weighted by molar-refractivity contribution is -0.127. The molecule has 2 aromatic rings. The van der Waals surface area contributed by atoms with Gasteiger partial charge < -0.3 is 20.3 Å². The predicted octanol–water partition coefficient (Wildman–Crippen LogP) is 2.82. The molecule has 0 bridgehead atoms. The fourth-order valence-electron chi connectivity index (χ4n) is 2.47. The summed E-state index contributed by atoms with van der Waals surface area (Å²) in [5.74, 6) is 1.41. The van der Waals surface area contributed by atoms with Crippen LogP contribution in [0.3, 0.4) is 0 Å². The van der Waals surface area contributed by atoms with Crippen LogP contribution in [0.25, 0.3) is 0 Å². The number of methoxy groups -OCH3 is 1. The predicted molar refractivity (Wildman–Crippen MR) is 123 cm³/mol. The van der Waals surface area contributed by atoms with Gasteiger partial charge in [0.25, 0.3) is 0 Å². The van der Waals surface area contributed by atoms with E-state index in [1.165, 1.54) is 0 Å². The molecule has 0 unspecified atom stereocenters. The van der Waals surface area contributed by atoms with Crippen LogP contribution in [-0.2, 0) is 23.2 Å². The maximum Gasteiger partial charge on any atom is 0.241 e. The highest BCUT2D eigenvalue weighted by atomic mass is 32.1. The Hall–Kier alpha value is -2.61. The van der Waals surface area contributed by atoms with Gasteiger partial charge in [-0.3, -0.25) is 4.79 Å². The molecule has 0 saturated carbocycles. The van der Waals surface area contributed by atoms with Crippen molar-refractivity contribution in [2.45, 2.75) is 39.2 Å². The van der Waals surface area contributed by atoms with Crippen LogP contribution in [-0.4, -0.2) is 56.0 Å². The number of likely N-dealkylation sites (N-methyl/N-ethyl adjacent to an activating group) is 1. The number of hydrogen-bond acceptors (Lipinski definition) is 5. The number of carbonyl (C=O) groups excluding carboxylic acids is 1. The lowest BCUT2D eigenvalue weighted by atomic mass is 9.98.